The maximum atomic E-state index is 12.2. The van der Waals surface area contributed by atoms with Crippen LogP contribution in [-0.4, -0.2) is 25.6 Å². The van der Waals surface area contributed by atoms with Gasteiger partial charge in [0, 0.05) is 24.2 Å². The van der Waals surface area contributed by atoms with E-state index in [1.165, 1.54) is 0 Å². The highest BCUT2D eigenvalue weighted by molar-refractivity contribution is 6.29. The summed E-state index contributed by atoms with van der Waals surface area (Å²) in [6.45, 7) is 1.86. The second kappa shape index (κ2) is 5.49. The number of halogens is 1. The minimum Gasteiger partial charge on any atom is -0.457 e. The van der Waals surface area contributed by atoms with Gasteiger partial charge in [-0.05, 0) is 19.1 Å². The average Bonchev–Trinajstić information content (AvgIpc) is 2.82. The summed E-state index contributed by atoms with van der Waals surface area (Å²) in [5.74, 6) is -0.462. The maximum Gasteiger partial charge on any atom is 0.344 e. The number of rotatable bonds is 3. The zero-order valence-corrected chi connectivity index (χ0v) is 11.9. The number of hydrogen-bond acceptors (Lipinski definition) is 5. The fourth-order valence-electron chi connectivity index (χ4n) is 1.95. The number of fused-ring (bicyclic) bond motifs is 1. The second-order valence-electron chi connectivity index (χ2n) is 4.41. The Hall–Kier alpha value is -2.47. The summed E-state index contributed by atoms with van der Waals surface area (Å²) in [6, 6.07) is 5.14. The first-order valence-corrected chi connectivity index (χ1v) is 6.60. The first-order valence-electron chi connectivity index (χ1n) is 6.22. The predicted molar refractivity (Wildman–Crippen MR) is 76.1 cm³/mol. The van der Waals surface area contributed by atoms with Crippen molar-refractivity contribution >= 4 is 23.2 Å². The largest absolute Gasteiger partial charge is 0.457 e. The van der Waals surface area contributed by atoms with Crippen LogP contribution in [0.15, 0.2) is 36.8 Å². The Morgan fingerprint density at radius 3 is 3.00 bits per heavy atom. The van der Waals surface area contributed by atoms with Gasteiger partial charge >= 0.3 is 5.97 Å². The number of carbonyl (C=O) groups is 1. The zero-order valence-electron chi connectivity index (χ0n) is 11.2. The Labute approximate surface area is 125 Å². The van der Waals surface area contributed by atoms with E-state index in [-0.39, 0.29) is 6.61 Å². The lowest BCUT2D eigenvalue weighted by Gasteiger charge is -2.04. The number of pyridine rings is 1. The van der Waals surface area contributed by atoms with Crippen molar-refractivity contribution < 1.29 is 9.53 Å². The summed E-state index contributed by atoms with van der Waals surface area (Å²) in [5.41, 5.74) is 2.19. The molecule has 0 saturated carbocycles. The molecule has 0 aromatic carbocycles. The molecule has 0 saturated heterocycles. The van der Waals surface area contributed by atoms with E-state index in [9.17, 15) is 4.79 Å². The molecule has 0 atom stereocenters. The fourth-order valence-corrected chi connectivity index (χ4v) is 2.06. The van der Waals surface area contributed by atoms with E-state index in [1.54, 1.807) is 48.2 Å². The summed E-state index contributed by atoms with van der Waals surface area (Å²) in [7, 11) is 0. The van der Waals surface area contributed by atoms with Gasteiger partial charge in [0.05, 0.1) is 5.69 Å². The van der Waals surface area contributed by atoms with Crippen LogP contribution in [0.2, 0.25) is 5.15 Å². The Balaban J connectivity index is 1.81. The molecule has 0 radical (unpaired) electrons. The van der Waals surface area contributed by atoms with Crippen LogP contribution in [0.3, 0.4) is 0 Å². The number of hydrogen-bond donors (Lipinski definition) is 0. The van der Waals surface area contributed by atoms with Crippen molar-refractivity contribution in [2.75, 3.05) is 0 Å². The number of nitrogens with zero attached hydrogens (tertiary/aromatic N) is 4. The third kappa shape index (κ3) is 2.71. The highest BCUT2D eigenvalue weighted by atomic mass is 35.5. The molecular weight excluding hydrogens is 292 g/mol. The van der Waals surface area contributed by atoms with Crippen LogP contribution in [-0.2, 0) is 11.3 Å². The number of aryl methyl sites for hydroxylation is 1. The van der Waals surface area contributed by atoms with E-state index in [1.807, 2.05) is 0 Å². The standard InChI is InChI=1S/C14H11ClN4O2/c1-9-12(13-16-5-2-6-19(13)18-9)14(20)21-8-10-3-4-11(15)17-7-10/h2-7H,8H2,1H3. The molecule has 7 heteroatoms. The van der Waals surface area contributed by atoms with Gasteiger partial charge in [0.15, 0.2) is 5.65 Å². The lowest BCUT2D eigenvalue weighted by molar-refractivity contribution is 0.0473. The van der Waals surface area contributed by atoms with Crippen molar-refractivity contribution in [3.8, 4) is 0 Å². The van der Waals surface area contributed by atoms with Gasteiger partial charge in [-0.3, -0.25) is 0 Å². The predicted octanol–water partition coefficient (Wildman–Crippen LogP) is 2.44. The molecule has 0 unspecified atom stereocenters. The molecule has 3 aromatic heterocycles. The Morgan fingerprint density at radius 1 is 1.38 bits per heavy atom. The van der Waals surface area contributed by atoms with Crippen molar-refractivity contribution in [1.29, 1.82) is 0 Å². The summed E-state index contributed by atoms with van der Waals surface area (Å²) in [6.07, 6.45) is 4.91. The normalized spacial score (nSPS) is 10.8. The molecule has 0 aliphatic heterocycles. The fraction of sp³-hybridized carbons (Fsp3) is 0.143. The van der Waals surface area contributed by atoms with E-state index in [4.69, 9.17) is 16.3 Å². The highest BCUT2D eigenvalue weighted by Gasteiger charge is 2.19. The number of esters is 1. The smallest absolute Gasteiger partial charge is 0.344 e. The average molecular weight is 303 g/mol. The van der Waals surface area contributed by atoms with Crippen LogP contribution < -0.4 is 0 Å². The number of ether oxygens (including phenoxy) is 1. The first-order chi connectivity index (χ1) is 10.1. The van der Waals surface area contributed by atoms with Gasteiger partial charge in [0.25, 0.3) is 0 Å². The molecule has 0 spiro atoms. The quantitative estimate of drug-likeness (QED) is 0.549. The summed E-state index contributed by atoms with van der Waals surface area (Å²) >= 11 is 5.70. The van der Waals surface area contributed by atoms with Crippen LogP contribution in [0.4, 0.5) is 0 Å². The van der Waals surface area contributed by atoms with E-state index in [0.717, 1.165) is 5.56 Å². The lowest BCUT2D eigenvalue weighted by Crippen LogP contribution is -2.07. The maximum absolute atomic E-state index is 12.2. The topological polar surface area (TPSA) is 69.4 Å². The summed E-state index contributed by atoms with van der Waals surface area (Å²) in [5, 5.41) is 4.62. The van der Waals surface area contributed by atoms with Gasteiger partial charge in [-0.25, -0.2) is 19.3 Å². The van der Waals surface area contributed by atoms with Gasteiger partial charge in [0.2, 0.25) is 0 Å². The summed E-state index contributed by atoms with van der Waals surface area (Å²) in [4.78, 5) is 20.3. The Morgan fingerprint density at radius 2 is 2.24 bits per heavy atom. The van der Waals surface area contributed by atoms with Crippen LogP contribution in [0.5, 0.6) is 0 Å². The molecule has 3 aromatic rings. The van der Waals surface area contributed by atoms with Crippen LogP contribution in [0.25, 0.3) is 5.65 Å². The van der Waals surface area contributed by atoms with E-state index in [0.29, 0.717) is 22.1 Å². The van der Waals surface area contributed by atoms with E-state index < -0.39 is 5.97 Å². The molecule has 0 aliphatic carbocycles. The van der Waals surface area contributed by atoms with Crippen LogP contribution in [0.1, 0.15) is 21.6 Å². The number of carbonyl (C=O) groups excluding carboxylic acids is 1. The SMILES string of the molecule is Cc1nn2cccnc2c1C(=O)OCc1ccc(Cl)nc1. The van der Waals surface area contributed by atoms with E-state index >= 15 is 0 Å². The molecular formula is C14H11ClN4O2. The monoisotopic (exact) mass is 302 g/mol. The van der Waals surface area contributed by atoms with Crippen LogP contribution >= 0.6 is 11.6 Å². The Bertz CT molecular complexity index is 798. The molecule has 106 valence electrons. The van der Waals surface area contributed by atoms with Gasteiger partial charge in [0.1, 0.15) is 17.3 Å². The molecule has 6 nitrogen and oxygen atoms in total. The van der Waals surface area contributed by atoms with Crippen LogP contribution in [0, 0.1) is 6.92 Å². The zero-order chi connectivity index (χ0) is 14.8. The van der Waals surface area contributed by atoms with Crippen molar-refractivity contribution in [2.24, 2.45) is 0 Å². The molecule has 0 bridgehead atoms. The molecule has 0 N–H and O–H groups in total. The van der Waals surface area contributed by atoms with E-state index in [2.05, 4.69) is 15.1 Å². The van der Waals surface area contributed by atoms with Crippen molar-refractivity contribution in [3.63, 3.8) is 0 Å². The third-order valence-corrected chi connectivity index (χ3v) is 3.16. The van der Waals surface area contributed by atoms with Crippen molar-refractivity contribution in [3.05, 3.63) is 58.8 Å². The highest BCUT2D eigenvalue weighted by Crippen LogP contribution is 2.15. The van der Waals surface area contributed by atoms with Gasteiger partial charge < -0.3 is 4.74 Å². The van der Waals surface area contributed by atoms with Crippen molar-refractivity contribution in [1.82, 2.24) is 19.6 Å². The molecule has 0 amide bonds. The van der Waals surface area contributed by atoms with Gasteiger partial charge in [-0.15, -0.1) is 0 Å². The molecule has 0 aliphatic rings. The Kier molecular flexibility index (Phi) is 3.53. The summed E-state index contributed by atoms with van der Waals surface area (Å²) < 4.78 is 6.84. The van der Waals surface area contributed by atoms with Crippen molar-refractivity contribution in [2.45, 2.75) is 13.5 Å². The molecule has 3 heterocycles. The minimum atomic E-state index is -0.462. The van der Waals surface area contributed by atoms with Gasteiger partial charge in [-0.1, -0.05) is 17.7 Å². The number of aromatic nitrogens is 4. The third-order valence-electron chi connectivity index (χ3n) is 2.93. The minimum absolute atomic E-state index is 0.118. The molecule has 0 fully saturated rings. The lowest BCUT2D eigenvalue weighted by atomic mass is 10.2. The van der Waals surface area contributed by atoms with Gasteiger partial charge in [-0.2, -0.15) is 5.10 Å². The second-order valence-corrected chi connectivity index (χ2v) is 4.80. The first kappa shape index (κ1) is 13.5. The molecule has 21 heavy (non-hydrogen) atoms. The molecule has 3 rings (SSSR count).